The van der Waals surface area contributed by atoms with Crippen molar-refractivity contribution in [3.05, 3.63) is 39.9 Å². The topological polar surface area (TPSA) is 96.0 Å². The van der Waals surface area contributed by atoms with Crippen LogP contribution in [0.2, 0.25) is 0 Å². The van der Waals surface area contributed by atoms with Gasteiger partial charge in [-0.3, -0.25) is 14.9 Å². The minimum Gasteiger partial charge on any atom is -0.364 e. The molecule has 1 N–H and O–H groups in total. The quantitative estimate of drug-likeness (QED) is 0.277. The Morgan fingerprint density at radius 2 is 1.32 bits per heavy atom. The monoisotopic (exact) mass is 567 g/mol. The van der Waals surface area contributed by atoms with Gasteiger partial charge in [-0.1, -0.05) is 0 Å². The van der Waals surface area contributed by atoms with Crippen molar-refractivity contribution < 1.29 is 71.9 Å². The number of aliphatic hydroxyl groups is 1. The number of carbonyl (C=O) groups excluding carboxylic acids is 1. The number of carbonyl (C=O) groups is 1. The number of halogens is 13. The van der Waals surface area contributed by atoms with Gasteiger partial charge in [0.2, 0.25) is 5.72 Å². The van der Waals surface area contributed by atoms with Gasteiger partial charge in [0, 0.05) is 29.8 Å². The number of nitrogens with zero attached hydrogens (tertiary/aromatic N) is 3. The standard InChI is InChI=1S/C17H10F13N3O4/c1-7-6-11(35,32(31-7)10(34)8-2-4-9(5-3-8)33(36)37)12(18,19)13(20,21)14(22,23)15(24,25)16(26,27)17(28,29)30/h2-5,35H,6H2,1H3. The molecule has 20 heteroatoms. The zero-order chi connectivity index (χ0) is 29.2. The van der Waals surface area contributed by atoms with Crippen LogP contribution in [0.1, 0.15) is 23.7 Å². The molecule has 7 nitrogen and oxygen atoms in total. The molecule has 0 saturated carbocycles. The van der Waals surface area contributed by atoms with E-state index in [1.807, 2.05) is 0 Å². The van der Waals surface area contributed by atoms with Gasteiger partial charge < -0.3 is 5.11 Å². The third-order valence-corrected chi connectivity index (χ3v) is 5.08. The summed E-state index contributed by atoms with van der Waals surface area (Å²) < 4.78 is 176. The molecular formula is C17H10F13N3O4. The number of non-ortho nitro benzene ring substituents is 1. The molecule has 1 aromatic carbocycles. The van der Waals surface area contributed by atoms with E-state index >= 15 is 0 Å². The second-order valence-corrected chi connectivity index (χ2v) is 7.62. The van der Waals surface area contributed by atoms with E-state index in [2.05, 4.69) is 5.10 Å². The summed E-state index contributed by atoms with van der Waals surface area (Å²) in [7, 11) is 0. The SMILES string of the molecule is CC1=NN(C(=O)c2ccc([N+](=O)[O-])cc2)C(O)(C(F)(F)C(F)(F)C(F)(F)C(F)(F)C(F)(F)C(F)(F)F)C1. The average Bonchev–Trinajstić information content (AvgIpc) is 3.07. The van der Waals surface area contributed by atoms with Gasteiger partial charge in [0.1, 0.15) is 0 Å². The van der Waals surface area contributed by atoms with Gasteiger partial charge in [-0.25, -0.2) is 0 Å². The van der Waals surface area contributed by atoms with Crippen molar-refractivity contribution >= 4 is 17.3 Å². The molecule has 1 heterocycles. The molecule has 0 aliphatic carbocycles. The predicted molar refractivity (Wildman–Crippen MR) is 92.7 cm³/mol. The molecule has 0 radical (unpaired) electrons. The number of amides is 1. The van der Waals surface area contributed by atoms with Crippen LogP contribution in [0.5, 0.6) is 0 Å². The molecule has 0 bridgehead atoms. The third kappa shape index (κ3) is 4.04. The molecule has 1 aliphatic heterocycles. The van der Waals surface area contributed by atoms with Crippen LogP contribution in [0.25, 0.3) is 0 Å². The van der Waals surface area contributed by atoms with Gasteiger partial charge in [-0.15, -0.1) is 0 Å². The Morgan fingerprint density at radius 3 is 1.73 bits per heavy atom. The van der Waals surface area contributed by atoms with Crippen LogP contribution in [0.4, 0.5) is 62.8 Å². The van der Waals surface area contributed by atoms with Crippen molar-refractivity contribution in [1.82, 2.24) is 5.01 Å². The summed E-state index contributed by atoms with van der Waals surface area (Å²) >= 11 is 0. The van der Waals surface area contributed by atoms with E-state index in [1.54, 1.807) is 0 Å². The fraction of sp³-hybridized carbons (Fsp3) is 0.529. The van der Waals surface area contributed by atoms with Gasteiger partial charge in [0.15, 0.2) is 0 Å². The Morgan fingerprint density at radius 1 is 0.892 bits per heavy atom. The van der Waals surface area contributed by atoms with Gasteiger partial charge in [-0.2, -0.15) is 67.2 Å². The van der Waals surface area contributed by atoms with Crippen molar-refractivity contribution in [2.75, 3.05) is 0 Å². The summed E-state index contributed by atoms with van der Waals surface area (Å²) in [5.74, 6) is -41.4. The summed E-state index contributed by atoms with van der Waals surface area (Å²) in [5.41, 5.74) is -7.59. The van der Waals surface area contributed by atoms with E-state index in [1.165, 1.54) is 0 Å². The molecule has 0 saturated heterocycles. The fourth-order valence-electron chi connectivity index (χ4n) is 3.05. The lowest BCUT2D eigenvalue weighted by molar-refractivity contribution is -0.453. The minimum absolute atomic E-state index is 0.493. The number of rotatable bonds is 7. The first-order valence-electron chi connectivity index (χ1n) is 9.12. The Labute approximate surface area is 195 Å². The predicted octanol–water partition coefficient (Wildman–Crippen LogP) is 5.24. The molecular weight excluding hydrogens is 557 g/mol. The van der Waals surface area contributed by atoms with E-state index in [0.29, 0.717) is 31.2 Å². The number of nitro benzene ring substituents is 1. The Kier molecular flexibility index (Phi) is 6.83. The van der Waals surface area contributed by atoms with Crippen molar-refractivity contribution in [1.29, 1.82) is 0 Å². The number of nitro groups is 1. The highest BCUT2D eigenvalue weighted by atomic mass is 19.4. The number of hydrazone groups is 1. The van der Waals surface area contributed by atoms with E-state index in [-0.39, 0.29) is 0 Å². The number of hydrogen-bond donors (Lipinski definition) is 1. The third-order valence-electron chi connectivity index (χ3n) is 5.08. The minimum atomic E-state index is -8.21. The molecule has 1 amide bonds. The van der Waals surface area contributed by atoms with Crippen molar-refractivity contribution in [3.8, 4) is 0 Å². The molecule has 1 aliphatic rings. The highest BCUT2D eigenvalue weighted by Gasteiger charge is 2.93. The Balaban J connectivity index is 2.63. The van der Waals surface area contributed by atoms with Crippen LogP contribution in [0, 0.1) is 10.1 Å². The fourth-order valence-corrected chi connectivity index (χ4v) is 3.05. The Bertz CT molecular complexity index is 1120. The van der Waals surface area contributed by atoms with E-state index in [9.17, 15) is 77.1 Å². The first kappa shape index (κ1) is 30.0. The van der Waals surface area contributed by atoms with Crippen LogP contribution >= 0.6 is 0 Å². The normalized spacial score (nSPS) is 20.2. The van der Waals surface area contributed by atoms with Crippen molar-refractivity contribution in [2.24, 2.45) is 5.10 Å². The molecule has 1 atom stereocenters. The molecule has 37 heavy (non-hydrogen) atoms. The van der Waals surface area contributed by atoms with Gasteiger partial charge in [0.25, 0.3) is 11.6 Å². The highest BCUT2D eigenvalue weighted by molar-refractivity contribution is 5.98. The van der Waals surface area contributed by atoms with E-state index in [4.69, 9.17) is 0 Å². The van der Waals surface area contributed by atoms with E-state index in [0.717, 1.165) is 0 Å². The molecule has 0 aromatic heterocycles. The summed E-state index contributed by atoms with van der Waals surface area (Å²) in [6.07, 6.45) is -9.61. The summed E-state index contributed by atoms with van der Waals surface area (Å²) in [6, 6.07) is 2.10. The molecule has 208 valence electrons. The number of hydrogen-bond acceptors (Lipinski definition) is 5. The molecule has 1 unspecified atom stereocenters. The second kappa shape index (κ2) is 8.42. The van der Waals surface area contributed by atoms with Crippen LogP contribution < -0.4 is 0 Å². The summed E-state index contributed by atoms with van der Waals surface area (Å²) in [4.78, 5) is 22.1. The maximum Gasteiger partial charge on any atom is 0.460 e. The van der Waals surface area contributed by atoms with Crippen LogP contribution in [-0.2, 0) is 0 Å². The molecule has 1 aromatic rings. The number of benzene rings is 1. The first-order valence-corrected chi connectivity index (χ1v) is 9.12. The molecule has 0 spiro atoms. The molecule has 2 rings (SSSR count). The number of alkyl halides is 13. The van der Waals surface area contributed by atoms with Crippen LogP contribution in [0.3, 0.4) is 0 Å². The largest absolute Gasteiger partial charge is 0.460 e. The van der Waals surface area contributed by atoms with Gasteiger partial charge >= 0.3 is 35.8 Å². The lowest BCUT2D eigenvalue weighted by atomic mass is 9.86. The lowest BCUT2D eigenvalue weighted by Gasteiger charge is -2.45. The zero-order valence-corrected chi connectivity index (χ0v) is 17.4. The maximum absolute atomic E-state index is 14.8. The van der Waals surface area contributed by atoms with Crippen molar-refractivity contribution in [2.45, 2.75) is 54.9 Å². The Hall–Kier alpha value is -3.19. The van der Waals surface area contributed by atoms with Crippen molar-refractivity contribution in [3.63, 3.8) is 0 Å². The summed E-state index contributed by atoms with van der Waals surface area (Å²) in [6.45, 7) is 0.632. The maximum atomic E-state index is 14.8. The zero-order valence-electron chi connectivity index (χ0n) is 17.4. The second-order valence-electron chi connectivity index (χ2n) is 7.62. The highest BCUT2D eigenvalue weighted by Crippen LogP contribution is 2.62. The van der Waals surface area contributed by atoms with Crippen LogP contribution in [0.15, 0.2) is 29.4 Å². The van der Waals surface area contributed by atoms with Crippen LogP contribution in [-0.4, -0.2) is 68.2 Å². The van der Waals surface area contributed by atoms with Gasteiger partial charge in [-0.05, 0) is 19.1 Å². The smallest absolute Gasteiger partial charge is 0.364 e. The van der Waals surface area contributed by atoms with Gasteiger partial charge in [0.05, 0.1) is 4.92 Å². The first-order chi connectivity index (χ1) is 16.3. The van der Waals surface area contributed by atoms with E-state index < -0.39 is 80.7 Å². The molecule has 0 fully saturated rings. The summed E-state index contributed by atoms with van der Waals surface area (Å²) in [5, 5.41) is 22.8. The average molecular weight is 567 g/mol. The lowest BCUT2D eigenvalue weighted by Crippen LogP contribution is -2.75.